The first-order valence-corrected chi connectivity index (χ1v) is 11.7. The Morgan fingerprint density at radius 1 is 1.06 bits per heavy atom. The van der Waals surface area contributed by atoms with Gasteiger partial charge in [-0.1, -0.05) is 95.5 Å². The van der Waals surface area contributed by atoms with Crippen molar-refractivity contribution >= 4 is 40.9 Å². The van der Waals surface area contributed by atoms with Gasteiger partial charge in [0.1, 0.15) is 31.0 Å². The van der Waals surface area contributed by atoms with Crippen LogP contribution in [0.15, 0.2) is 60.7 Å². The summed E-state index contributed by atoms with van der Waals surface area (Å²) in [7, 11) is 0. The molecule has 2 N–H and O–H groups in total. The van der Waals surface area contributed by atoms with Crippen LogP contribution in [-0.2, 0) is 30.3 Å². The summed E-state index contributed by atoms with van der Waals surface area (Å²) in [5, 5.41) is 13.7. The third-order valence-corrected chi connectivity index (χ3v) is 5.67. The maximum Gasteiger partial charge on any atom is 0.407 e. The van der Waals surface area contributed by atoms with Crippen LogP contribution in [0.25, 0.3) is 0 Å². The Morgan fingerprint density at radius 2 is 1.74 bits per heavy atom. The van der Waals surface area contributed by atoms with Crippen molar-refractivity contribution in [3.63, 3.8) is 0 Å². The highest BCUT2D eigenvalue weighted by Crippen LogP contribution is 2.34. The molecule has 0 unspecified atom stereocenters. The molecule has 6 atom stereocenters. The third kappa shape index (κ3) is 6.74. The number of alkyl carbamates (subject to hydrolysis) is 1. The van der Waals surface area contributed by atoms with Crippen molar-refractivity contribution < 1.29 is 33.6 Å². The van der Waals surface area contributed by atoms with Gasteiger partial charge in [0, 0.05) is 5.56 Å². The average molecular weight is 533 g/mol. The van der Waals surface area contributed by atoms with Crippen LogP contribution in [0.5, 0.6) is 0 Å². The molecule has 2 aliphatic rings. The van der Waals surface area contributed by atoms with Crippen LogP contribution in [0, 0.1) is 0 Å². The van der Waals surface area contributed by atoms with Crippen LogP contribution in [0.2, 0.25) is 0 Å². The zero-order chi connectivity index (χ0) is 24.1. The molecule has 184 valence electrons. The number of hydrogen-bond acceptors (Lipinski definition) is 7. The highest BCUT2D eigenvalue weighted by atomic mass is 35.6. The Morgan fingerprint density at radius 3 is 2.41 bits per heavy atom. The van der Waals surface area contributed by atoms with Crippen LogP contribution in [0.1, 0.15) is 17.4 Å². The molecular formula is C23H24Cl3NO7. The van der Waals surface area contributed by atoms with E-state index in [9.17, 15) is 9.90 Å². The number of ether oxygens (including phenoxy) is 5. The average Bonchev–Trinajstić information content (AvgIpc) is 2.84. The van der Waals surface area contributed by atoms with E-state index < -0.39 is 53.4 Å². The molecular weight excluding hydrogens is 509 g/mol. The lowest BCUT2D eigenvalue weighted by Crippen LogP contribution is -2.66. The number of carbonyl (C=O) groups excluding carboxylic acids is 1. The Bertz CT molecular complexity index is 931. The minimum atomic E-state index is -1.78. The Balaban J connectivity index is 1.47. The standard InChI is InChI=1S/C23H24Cl3NO7/c24-23(25,26)13-32-22(29)27-17-18(28)19-16(12-31-20(34-19)15-9-5-2-6-10-15)33-21(17)30-11-14-7-3-1-4-8-14/h1-10,16-21,28H,11-13H2,(H,27,29)/t16-,17-,18-,19+,20+,21-/m1/s1. The summed E-state index contributed by atoms with van der Waals surface area (Å²) in [5.41, 5.74) is 1.68. The fraction of sp³-hybridized carbons (Fsp3) is 0.435. The molecule has 0 bridgehead atoms. The molecule has 2 aromatic rings. The zero-order valence-corrected chi connectivity index (χ0v) is 20.2. The van der Waals surface area contributed by atoms with Crippen molar-refractivity contribution in [1.82, 2.24) is 5.32 Å². The molecule has 2 heterocycles. The second-order valence-electron chi connectivity index (χ2n) is 7.87. The maximum absolute atomic E-state index is 12.4. The van der Waals surface area contributed by atoms with E-state index in [1.165, 1.54) is 0 Å². The van der Waals surface area contributed by atoms with E-state index in [0.717, 1.165) is 11.1 Å². The van der Waals surface area contributed by atoms with Crippen molar-refractivity contribution in [3.8, 4) is 0 Å². The first kappa shape index (κ1) is 25.5. The van der Waals surface area contributed by atoms with E-state index in [0.29, 0.717) is 0 Å². The molecule has 0 saturated carbocycles. The van der Waals surface area contributed by atoms with Crippen molar-refractivity contribution in [2.45, 2.75) is 47.3 Å². The Hall–Kier alpha value is -1.62. The topological polar surface area (TPSA) is 95.5 Å². The van der Waals surface area contributed by atoms with Crippen molar-refractivity contribution in [2.24, 2.45) is 0 Å². The van der Waals surface area contributed by atoms with Gasteiger partial charge in [-0.3, -0.25) is 0 Å². The molecule has 2 aromatic carbocycles. The monoisotopic (exact) mass is 531 g/mol. The number of rotatable bonds is 6. The van der Waals surface area contributed by atoms with Gasteiger partial charge in [-0.05, 0) is 5.56 Å². The summed E-state index contributed by atoms with van der Waals surface area (Å²) in [6.07, 6.45) is -5.23. The third-order valence-electron chi connectivity index (χ3n) is 5.35. The van der Waals surface area contributed by atoms with E-state index in [2.05, 4.69) is 5.32 Å². The lowest BCUT2D eigenvalue weighted by Gasteiger charge is -2.47. The number of nitrogens with one attached hydrogen (secondary N) is 1. The van der Waals surface area contributed by atoms with Crippen molar-refractivity contribution in [1.29, 1.82) is 0 Å². The first-order valence-electron chi connectivity index (χ1n) is 10.6. The normalized spacial score (nSPS) is 29.2. The van der Waals surface area contributed by atoms with E-state index >= 15 is 0 Å². The Kier molecular flexibility index (Phi) is 8.55. The van der Waals surface area contributed by atoms with Gasteiger partial charge in [-0.2, -0.15) is 0 Å². The summed E-state index contributed by atoms with van der Waals surface area (Å²) < 4.78 is 27.0. The molecule has 8 nitrogen and oxygen atoms in total. The second-order valence-corrected chi connectivity index (χ2v) is 10.4. The number of aliphatic hydroxyl groups excluding tert-OH is 1. The summed E-state index contributed by atoms with van der Waals surface area (Å²) in [5.74, 6) is 0. The van der Waals surface area contributed by atoms with Gasteiger partial charge >= 0.3 is 6.09 Å². The number of fused-ring (bicyclic) bond motifs is 1. The predicted octanol–water partition coefficient (Wildman–Crippen LogP) is 3.87. The van der Waals surface area contributed by atoms with Crippen LogP contribution in [-0.4, -0.2) is 58.8 Å². The van der Waals surface area contributed by atoms with Gasteiger partial charge in [0.05, 0.1) is 13.2 Å². The largest absolute Gasteiger partial charge is 0.445 e. The molecule has 2 aliphatic heterocycles. The van der Waals surface area contributed by atoms with E-state index in [1.54, 1.807) is 0 Å². The highest BCUT2D eigenvalue weighted by molar-refractivity contribution is 6.67. The highest BCUT2D eigenvalue weighted by Gasteiger charge is 2.50. The van der Waals surface area contributed by atoms with E-state index in [1.807, 2.05) is 60.7 Å². The summed E-state index contributed by atoms with van der Waals surface area (Å²) in [6.45, 7) is -0.128. The van der Waals surface area contributed by atoms with E-state index in [4.69, 9.17) is 58.5 Å². The van der Waals surface area contributed by atoms with Gasteiger partial charge in [0.25, 0.3) is 0 Å². The first-order chi connectivity index (χ1) is 16.3. The molecule has 1 amide bonds. The van der Waals surface area contributed by atoms with Crippen LogP contribution < -0.4 is 5.32 Å². The van der Waals surface area contributed by atoms with Crippen molar-refractivity contribution in [2.75, 3.05) is 13.2 Å². The number of alkyl halides is 3. The van der Waals surface area contributed by atoms with Gasteiger partial charge in [0.15, 0.2) is 12.6 Å². The number of carbonyl (C=O) groups is 1. The number of halogens is 3. The Labute approximate surface area is 211 Å². The SMILES string of the molecule is O=C(N[C@H]1[C@H](OCc2ccccc2)O[C@@H]2CO[C@H](c3ccccc3)O[C@@H]2[C@@H]1O)OCC(Cl)(Cl)Cl. The fourth-order valence-electron chi connectivity index (χ4n) is 3.75. The summed E-state index contributed by atoms with van der Waals surface area (Å²) in [6, 6.07) is 17.7. The van der Waals surface area contributed by atoms with Gasteiger partial charge in [-0.25, -0.2) is 4.79 Å². The summed E-state index contributed by atoms with van der Waals surface area (Å²) >= 11 is 17.0. The van der Waals surface area contributed by atoms with E-state index in [-0.39, 0.29) is 13.2 Å². The molecule has 11 heteroatoms. The fourth-order valence-corrected chi connectivity index (χ4v) is 3.91. The molecule has 4 rings (SSSR count). The lowest BCUT2D eigenvalue weighted by molar-refractivity contribution is -0.345. The minimum absolute atomic E-state index is 0.164. The zero-order valence-electron chi connectivity index (χ0n) is 17.9. The van der Waals surface area contributed by atoms with Crippen molar-refractivity contribution in [3.05, 3.63) is 71.8 Å². The van der Waals surface area contributed by atoms with Gasteiger partial charge < -0.3 is 34.1 Å². The van der Waals surface area contributed by atoms with Crippen LogP contribution in [0.4, 0.5) is 4.79 Å². The van der Waals surface area contributed by atoms with Crippen LogP contribution in [0.3, 0.4) is 0 Å². The number of amides is 1. The lowest BCUT2D eigenvalue weighted by atomic mass is 9.96. The second kappa shape index (κ2) is 11.4. The molecule has 2 fully saturated rings. The number of hydrogen-bond donors (Lipinski definition) is 2. The molecule has 0 radical (unpaired) electrons. The summed E-state index contributed by atoms with van der Waals surface area (Å²) in [4.78, 5) is 12.4. The maximum atomic E-state index is 12.4. The molecule has 0 spiro atoms. The van der Waals surface area contributed by atoms with Gasteiger partial charge in [0.2, 0.25) is 3.79 Å². The number of aliphatic hydroxyl groups is 1. The smallest absolute Gasteiger partial charge is 0.407 e. The van der Waals surface area contributed by atoms with Gasteiger partial charge in [-0.15, -0.1) is 0 Å². The molecule has 0 aromatic heterocycles. The molecule has 0 aliphatic carbocycles. The molecule has 2 saturated heterocycles. The predicted molar refractivity (Wildman–Crippen MR) is 124 cm³/mol. The van der Waals surface area contributed by atoms with Crippen LogP contribution >= 0.6 is 34.8 Å². The quantitative estimate of drug-likeness (QED) is 0.545. The minimum Gasteiger partial charge on any atom is -0.445 e. The number of benzene rings is 2. The molecule has 34 heavy (non-hydrogen) atoms.